The Kier molecular flexibility index (Phi) is 22.8. The molecule has 0 aromatic carbocycles. The Bertz CT molecular complexity index is 1100. The number of ether oxygens (including phenoxy) is 4. The van der Waals surface area contributed by atoms with Crippen LogP contribution in [-0.2, 0) is 70.3 Å². The van der Waals surface area contributed by atoms with Gasteiger partial charge in [0.2, 0.25) is 0 Å². The third-order valence-electron chi connectivity index (χ3n) is 4.96. The Hall–Kier alpha value is -2.51. The zero-order valence-electron chi connectivity index (χ0n) is 27.5. The maximum atomic E-state index is 11.7. The van der Waals surface area contributed by atoms with Gasteiger partial charge in [-0.2, -0.15) is 0 Å². The van der Waals surface area contributed by atoms with E-state index in [2.05, 4.69) is 18.2 Å². The summed E-state index contributed by atoms with van der Waals surface area (Å²) in [4.78, 5) is 75.0. The minimum atomic E-state index is -4.65. The molecular formula is C25H47NO19P2. The Morgan fingerprint density at radius 1 is 0.574 bits per heavy atom. The van der Waals surface area contributed by atoms with Crippen LogP contribution in [0.15, 0.2) is 0 Å². The molecule has 20 nitrogen and oxygen atoms in total. The van der Waals surface area contributed by atoms with Crippen molar-refractivity contribution in [3.05, 3.63) is 0 Å². The number of hydrogen-bond acceptors (Lipinski definition) is 17. The second-order valence-electron chi connectivity index (χ2n) is 10.8. The molecule has 3 unspecified atom stereocenters. The van der Waals surface area contributed by atoms with E-state index in [1.807, 2.05) is 0 Å². The van der Waals surface area contributed by atoms with E-state index in [1.165, 1.54) is 0 Å². The molecular weight excluding hydrogens is 680 g/mol. The second-order valence-corrected chi connectivity index (χ2v) is 13.7. The minimum Gasteiger partial charge on any atom is -0.480 e. The Balaban J connectivity index is 0. The summed E-state index contributed by atoms with van der Waals surface area (Å²) in [5.41, 5.74) is 5.15. The van der Waals surface area contributed by atoms with Gasteiger partial charge >= 0.3 is 45.5 Å². The first-order valence-corrected chi connectivity index (χ1v) is 17.1. The Labute approximate surface area is 272 Å². The van der Waals surface area contributed by atoms with E-state index in [0.29, 0.717) is 0 Å². The Morgan fingerprint density at radius 3 is 1.19 bits per heavy atom. The molecule has 22 heteroatoms. The number of esters is 4. The summed E-state index contributed by atoms with van der Waals surface area (Å²) < 4.78 is 59.3. The van der Waals surface area contributed by atoms with Gasteiger partial charge in [0.1, 0.15) is 19.3 Å². The maximum Gasteiger partial charge on any atom is 0.499 e. The summed E-state index contributed by atoms with van der Waals surface area (Å²) in [6.45, 7) is 10.1. The van der Waals surface area contributed by atoms with Crippen LogP contribution >= 0.6 is 15.6 Å². The molecule has 0 amide bonds. The average Bonchev–Trinajstić information content (AvgIpc) is 2.97. The number of hydrogen-bond donors (Lipinski definition) is 5. The van der Waals surface area contributed by atoms with Crippen LogP contribution < -0.4 is 5.73 Å². The summed E-state index contributed by atoms with van der Waals surface area (Å²) in [5, 5.41) is 16.7. The largest absolute Gasteiger partial charge is 0.499 e. The fourth-order valence-electron chi connectivity index (χ4n) is 2.18. The number of phosphoric ester groups is 2. The predicted octanol–water partition coefficient (Wildman–Crippen LogP) is 1.66. The highest BCUT2D eigenvalue weighted by atomic mass is 31.2. The highest BCUT2D eigenvalue weighted by Gasteiger charge is 2.29. The van der Waals surface area contributed by atoms with E-state index in [9.17, 15) is 38.0 Å². The first-order chi connectivity index (χ1) is 21.4. The summed E-state index contributed by atoms with van der Waals surface area (Å²) in [6, 6.07) is -1.51. The quantitative estimate of drug-likeness (QED) is 0.0369. The summed E-state index contributed by atoms with van der Waals surface area (Å²) in [6.07, 6.45) is -2.25. The molecule has 0 saturated heterocycles. The predicted molar refractivity (Wildman–Crippen MR) is 158 cm³/mol. The van der Waals surface area contributed by atoms with E-state index in [1.54, 1.807) is 55.4 Å². The van der Waals surface area contributed by atoms with Crippen LogP contribution in [0.5, 0.6) is 0 Å². The topological polar surface area (TPSA) is 300 Å². The van der Waals surface area contributed by atoms with Crippen molar-refractivity contribution in [2.75, 3.05) is 33.0 Å². The first-order valence-electron chi connectivity index (χ1n) is 14.1. The van der Waals surface area contributed by atoms with Crippen LogP contribution in [0.4, 0.5) is 0 Å². The van der Waals surface area contributed by atoms with Crippen LogP contribution in [-0.4, -0.2) is 101 Å². The van der Waals surface area contributed by atoms with E-state index >= 15 is 0 Å². The number of phosphoric acid groups is 2. The van der Waals surface area contributed by atoms with Gasteiger partial charge in [0.05, 0.1) is 43.5 Å². The van der Waals surface area contributed by atoms with Crippen molar-refractivity contribution in [1.82, 2.24) is 0 Å². The van der Waals surface area contributed by atoms with E-state index in [4.69, 9.17) is 39.9 Å². The molecule has 47 heavy (non-hydrogen) atoms. The molecule has 0 aliphatic carbocycles. The van der Waals surface area contributed by atoms with Crippen molar-refractivity contribution >= 4 is 45.5 Å². The average molecular weight is 728 g/mol. The molecule has 0 rings (SSSR count). The van der Waals surface area contributed by atoms with Gasteiger partial charge < -0.3 is 39.6 Å². The summed E-state index contributed by atoms with van der Waals surface area (Å²) in [5.74, 6) is -5.43. The zero-order chi connectivity index (χ0) is 37.1. The molecule has 0 radical (unpaired) electrons. The van der Waals surface area contributed by atoms with Crippen molar-refractivity contribution in [3.8, 4) is 0 Å². The van der Waals surface area contributed by atoms with E-state index in [-0.39, 0.29) is 19.1 Å². The van der Waals surface area contributed by atoms with Gasteiger partial charge in [-0.1, -0.05) is 55.4 Å². The molecule has 0 saturated carbocycles. The molecule has 0 aliphatic rings. The standard InChI is InChI=1S/C14H26NO10P.C11H21O9P/c1-8(2)13(18)22-5-10(25-14(19)9(3)4)6-23-26(20,21)24-7-11(15)12(16)17;1-7(2)10(12)17-5-9(19-11(13)8(3)4)6-18-21(15,16)20-14/h8-11H,5-7,15H2,1-4H3,(H,16,17)(H,20,21);7-9,14H,5-6H2,1-4H3,(H,15,16)/t10-,11?;9-/m00/s1. The molecule has 0 bridgehead atoms. The van der Waals surface area contributed by atoms with Crippen molar-refractivity contribution in [2.24, 2.45) is 29.4 Å². The number of carbonyl (C=O) groups is 5. The third-order valence-corrected chi connectivity index (χ3v) is 6.59. The van der Waals surface area contributed by atoms with Gasteiger partial charge in [-0.05, 0) is 0 Å². The van der Waals surface area contributed by atoms with Crippen LogP contribution in [0.3, 0.4) is 0 Å². The lowest BCUT2D eigenvalue weighted by Crippen LogP contribution is -2.35. The summed E-state index contributed by atoms with van der Waals surface area (Å²) in [7, 11) is -9.29. The number of carboxylic acid groups (broad SMARTS) is 1. The van der Waals surface area contributed by atoms with Crippen LogP contribution in [0, 0.1) is 23.7 Å². The second kappa shape index (κ2) is 23.0. The maximum absolute atomic E-state index is 11.7. The van der Waals surface area contributed by atoms with E-state index < -0.39 is 101 Å². The SMILES string of the molecule is CC(C)C(=O)OC[C@@H](COP(=O)(O)OCC(N)C(=O)O)OC(=O)C(C)C.CC(C)C(=O)OC[C@@H](COP(=O)(O)OO)OC(=O)C(C)C. The number of carbonyl (C=O) groups excluding carboxylic acids is 4. The number of aliphatic carboxylic acids is 1. The van der Waals surface area contributed by atoms with Gasteiger partial charge in [0, 0.05) is 0 Å². The fourth-order valence-corrected chi connectivity index (χ4v) is 3.36. The molecule has 0 aromatic heterocycles. The van der Waals surface area contributed by atoms with Gasteiger partial charge in [-0.25, -0.2) is 14.4 Å². The number of carboxylic acids is 1. The molecule has 0 heterocycles. The van der Waals surface area contributed by atoms with Crippen molar-refractivity contribution < 1.29 is 90.4 Å². The highest BCUT2D eigenvalue weighted by molar-refractivity contribution is 7.47. The van der Waals surface area contributed by atoms with Crippen LogP contribution in [0.1, 0.15) is 55.4 Å². The Morgan fingerprint density at radius 2 is 0.894 bits per heavy atom. The molecule has 0 aliphatic heterocycles. The lowest BCUT2D eigenvalue weighted by Gasteiger charge is -2.21. The van der Waals surface area contributed by atoms with Gasteiger partial charge in [-0.3, -0.25) is 37.5 Å². The van der Waals surface area contributed by atoms with Crippen molar-refractivity contribution in [1.29, 1.82) is 0 Å². The first kappa shape index (κ1) is 46.6. The molecule has 6 N–H and O–H groups in total. The number of rotatable bonds is 21. The summed E-state index contributed by atoms with van der Waals surface area (Å²) >= 11 is 0. The van der Waals surface area contributed by atoms with Gasteiger partial charge in [0.15, 0.2) is 12.2 Å². The molecule has 5 atom stereocenters. The minimum absolute atomic E-state index is 0.346. The number of nitrogens with two attached hydrogens (primary N) is 1. The monoisotopic (exact) mass is 727 g/mol. The molecule has 0 spiro atoms. The lowest BCUT2D eigenvalue weighted by atomic mass is 10.2. The van der Waals surface area contributed by atoms with Gasteiger partial charge in [0.25, 0.3) is 0 Å². The van der Waals surface area contributed by atoms with Crippen molar-refractivity contribution in [2.45, 2.75) is 73.6 Å². The van der Waals surface area contributed by atoms with Crippen molar-refractivity contribution in [3.63, 3.8) is 0 Å². The van der Waals surface area contributed by atoms with Gasteiger partial charge in [-0.15, -0.1) is 4.67 Å². The normalized spacial score (nSPS) is 15.8. The zero-order valence-corrected chi connectivity index (χ0v) is 29.3. The van der Waals surface area contributed by atoms with E-state index in [0.717, 1.165) is 0 Å². The van der Waals surface area contributed by atoms with Crippen LogP contribution in [0.25, 0.3) is 0 Å². The fraction of sp³-hybridized carbons (Fsp3) is 0.800. The third kappa shape index (κ3) is 23.5. The smallest absolute Gasteiger partial charge is 0.480 e. The van der Waals surface area contributed by atoms with Crippen LogP contribution in [0.2, 0.25) is 0 Å². The lowest BCUT2D eigenvalue weighted by molar-refractivity contribution is -0.173. The molecule has 0 fully saturated rings. The highest BCUT2D eigenvalue weighted by Crippen LogP contribution is 2.43. The molecule has 276 valence electrons. The molecule has 0 aromatic rings.